The first-order valence-corrected chi connectivity index (χ1v) is 11.5. The van der Waals surface area contributed by atoms with E-state index in [0.29, 0.717) is 28.4 Å². The van der Waals surface area contributed by atoms with Crippen molar-refractivity contribution >= 4 is 11.6 Å². The van der Waals surface area contributed by atoms with Crippen LogP contribution in [0, 0.1) is 11.3 Å². The number of benzene rings is 3. The number of rotatable bonds is 6. The van der Waals surface area contributed by atoms with E-state index in [1.165, 1.54) is 0 Å². The molecule has 1 aliphatic heterocycles. The van der Waals surface area contributed by atoms with Crippen LogP contribution in [0.1, 0.15) is 6.42 Å². The molecule has 1 aliphatic rings. The zero-order valence-electron chi connectivity index (χ0n) is 19.6. The lowest BCUT2D eigenvalue weighted by atomic mass is 9.99. The maximum atomic E-state index is 12.5. The summed E-state index contributed by atoms with van der Waals surface area (Å²) in [6.45, 7) is 0.234. The van der Waals surface area contributed by atoms with Crippen molar-refractivity contribution in [3.63, 3.8) is 0 Å². The average Bonchev–Trinajstić information content (AvgIpc) is 2.92. The molecule has 0 unspecified atom stereocenters. The first-order chi connectivity index (χ1) is 17.6. The summed E-state index contributed by atoms with van der Waals surface area (Å²) in [5, 5.41) is 19.6. The van der Waals surface area contributed by atoms with Crippen LogP contribution in [0.5, 0.6) is 17.2 Å². The van der Waals surface area contributed by atoms with E-state index in [1.54, 1.807) is 24.1 Å². The molecule has 3 aromatic carbocycles. The number of methoxy groups -OCH3 is 1. The highest BCUT2D eigenvalue weighted by Gasteiger charge is 2.26. The van der Waals surface area contributed by atoms with Gasteiger partial charge in [-0.15, -0.1) is 0 Å². The van der Waals surface area contributed by atoms with Gasteiger partial charge in [-0.1, -0.05) is 24.3 Å². The molecule has 4 aromatic rings. The van der Waals surface area contributed by atoms with Crippen molar-refractivity contribution in [2.75, 3.05) is 25.2 Å². The number of anilines is 1. The van der Waals surface area contributed by atoms with Crippen molar-refractivity contribution in [1.82, 2.24) is 4.98 Å². The highest BCUT2D eigenvalue weighted by Crippen LogP contribution is 2.38. The van der Waals surface area contributed by atoms with Gasteiger partial charge in [-0.2, -0.15) is 5.26 Å². The number of aromatic hydroxyl groups is 1. The van der Waals surface area contributed by atoms with Gasteiger partial charge in [-0.25, -0.2) is 4.98 Å². The quantitative estimate of drug-likeness (QED) is 0.398. The van der Waals surface area contributed by atoms with Gasteiger partial charge in [0.2, 0.25) is 0 Å². The Hall–Kier alpha value is -4.83. The molecule has 0 fully saturated rings. The molecule has 0 spiro atoms. The zero-order chi connectivity index (χ0) is 25.1. The van der Waals surface area contributed by atoms with Crippen LogP contribution in [0.25, 0.3) is 33.6 Å². The fraction of sp³-hybridized carbons (Fsp3) is 0.138. The minimum atomic E-state index is -0.190. The Morgan fingerprint density at radius 2 is 1.75 bits per heavy atom. The van der Waals surface area contributed by atoms with E-state index in [1.807, 2.05) is 66.7 Å². The van der Waals surface area contributed by atoms with Gasteiger partial charge in [0.25, 0.3) is 5.91 Å². The van der Waals surface area contributed by atoms with Crippen LogP contribution >= 0.6 is 0 Å². The number of nitriles is 1. The summed E-state index contributed by atoms with van der Waals surface area (Å²) in [7, 11) is 1.63. The Morgan fingerprint density at radius 1 is 1.00 bits per heavy atom. The average molecular weight is 478 g/mol. The van der Waals surface area contributed by atoms with Crippen LogP contribution in [0.15, 0.2) is 78.9 Å². The van der Waals surface area contributed by atoms with Gasteiger partial charge in [0, 0.05) is 17.7 Å². The second kappa shape index (κ2) is 9.80. The van der Waals surface area contributed by atoms with Crippen LogP contribution < -0.4 is 14.4 Å². The van der Waals surface area contributed by atoms with Gasteiger partial charge >= 0.3 is 0 Å². The Kier molecular flexibility index (Phi) is 6.25. The van der Waals surface area contributed by atoms with E-state index in [9.17, 15) is 9.90 Å². The van der Waals surface area contributed by atoms with E-state index in [0.717, 1.165) is 22.4 Å². The molecule has 1 aromatic heterocycles. The summed E-state index contributed by atoms with van der Waals surface area (Å²) in [6.07, 6.45) is 0.220. The molecule has 1 amide bonds. The van der Waals surface area contributed by atoms with E-state index in [4.69, 9.17) is 19.7 Å². The third kappa shape index (κ3) is 4.44. The Balaban J connectivity index is 1.65. The number of phenols is 1. The summed E-state index contributed by atoms with van der Waals surface area (Å²) in [6, 6.07) is 26.4. The molecule has 0 radical (unpaired) electrons. The number of pyridine rings is 1. The normalized spacial score (nSPS) is 12.4. The molecule has 0 bridgehead atoms. The summed E-state index contributed by atoms with van der Waals surface area (Å²) >= 11 is 0. The summed E-state index contributed by atoms with van der Waals surface area (Å²) < 4.78 is 10.9. The van der Waals surface area contributed by atoms with Gasteiger partial charge in [0.05, 0.1) is 36.7 Å². The predicted molar refractivity (Wildman–Crippen MR) is 137 cm³/mol. The number of nitrogens with zero attached hydrogens (tertiary/aromatic N) is 3. The number of para-hydroxylation sites is 1. The van der Waals surface area contributed by atoms with E-state index in [-0.39, 0.29) is 31.2 Å². The Labute approximate surface area is 208 Å². The van der Waals surface area contributed by atoms with Crippen molar-refractivity contribution in [3.8, 4) is 57.0 Å². The van der Waals surface area contributed by atoms with Gasteiger partial charge in [-0.05, 0) is 65.7 Å². The van der Waals surface area contributed by atoms with E-state index in [2.05, 4.69) is 6.07 Å². The molecule has 0 atom stereocenters. The molecular formula is C29H23N3O4. The number of amides is 1. The Morgan fingerprint density at radius 3 is 2.50 bits per heavy atom. The molecule has 0 saturated heterocycles. The van der Waals surface area contributed by atoms with Crippen molar-refractivity contribution in [1.29, 1.82) is 5.26 Å². The molecule has 178 valence electrons. The molecule has 7 nitrogen and oxygen atoms in total. The third-order valence-corrected chi connectivity index (χ3v) is 6.07. The maximum Gasteiger partial charge on any atom is 0.265 e. The topological polar surface area (TPSA) is 95.7 Å². The molecule has 5 rings (SSSR count). The maximum absolute atomic E-state index is 12.5. The van der Waals surface area contributed by atoms with Crippen molar-refractivity contribution in [2.24, 2.45) is 0 Å². The van der Waals surface area contributed by atoms with Gasteiger partial charge in [0.15, 0.2) is 6.61 Å². The van der Waals surface area contributed by atoms with E-state index >= 15 is 0 Å². The number of ether oxygens (including phenoxy) is 2. The first-order valence-electron chi connectivity index (χ1n) is 11.5. The lowest BCUT2D eigenvalue weighted by Crippen LogP contribution is -2.39. The van der Waals surface area contributed by atoms with E-state index < -0.39 is 0 Å². The van der Waals surface area contributed by atoms with Crippen LogP contribution in [0.2, 0.25) is 0 Å². The second-order valence-electron chi connectivity index (χ2n) is 8.30. The molecular weight excluding hydrogens is 454 g/mol. The van der Waals surface area contributed by atoms with Crippen LogP contribution in [0.3, 0.4) is 0 Å². The van der Waals surface area contributed by atoms with Gasteiger partial charge in [-0.3, -0.25) is 4.79 Å². The minimum absolute atomic E-state index is 0.0551. The Bertz CT molecular complexity index is 1480. The predicted octanol–water partition coefficient (Wildman–Crippen LogP) is 5.44. The third-order valence-electron chi connectivity index (χ3n) is 6.07. The molecule has 36 heavy (non-hydrogen) atoms. The number of carbonyl (C=O) groups is 1. The highest BCUT2D eigenvalue weighted by atomic mass is 16.5. The van der Waals surface area contributed by atoms with Gasteiger partial charge < -0.3 is 19.5 Å². The zero-order valence-corrected chi connectivity index (χ0v) is 19.6. The fourth-order valence-corrected chi connectivity index (χ4v) is 4.23. The number of aromatic nitrogens is 1. The van der Waals surface area contributed by atoms with Crippen LogP contribution in [-0.4, -0.2) is 36.3 Å². The number of hydrogen-bond donors (Lipinski definition) is 1. The smallest absolute Gasteiger partial charge is 0.265 e. The SMILES string of the molecule is COc1ccc(-c2cc(-c3ccc4c(c3)N(CCC#N)C(=O)CO4)nc(-c3ccccc3O)c2)cc1. The number of carbonyl (C=O) groups excluding carboxylic acids is 1. The second-order valence-corrected chi connectivity index (χ2v) is 8.30. The summed E-state index contributed by atoms with van der Waals surface area (Å²) in [5.41, 5.74) is 5.16. The molecule has 0 aliphatic carbocycles. The molecule has 1 N–H and O–H groups in total. The lowest BCUT2D eigenvalue weighted by molar-refractivity contribution is -0.121. The minimum Gasteiger partial charge on any atom is -0.507 e. The van der Waals surface area contributed by atoms with Crippen LogP contribution in [0.4, 0.5) is 5.69 Å². The number of phenolic OH excluding ortho intramolecular Hbond substituents is 1. The van der Waals surface area contributed by atoms with Gasteiger partial charge in [0.1, 0.15) is 17.2 Å². The first kappa shape index (κ1) is 22.9. The van der Waals surface area contributed by atoms with Crippen molar-refractivity contribution in [2.45, 2.75) is 6.42 Å². The standard InChI is InChI=1S/C29H23N3O4/c1-35-22-10-7-19(8-11-22)21-15-24(31-25(16-21)23-5-2-3-6-27(23)33)20-9-12-28-26(17-20)32(14-4-13-30)29(34)18-36-28/h2-3,5-12,15-17,33H,4,14,18H2,1H3. The van der Waals surface area contributed by atoms with Crippen molar-refractivity contribution in [3.05, 3.63) is 78.9 Å². The summed E-state index contributed by atoms with van der Waals surface area (Å²) in [5.74, 6) is 1.29. The number of fused-ring (bicyclic) bond motifs is 1. The monoisotopic (exact) mass is 477 g/mol. The van der Waals surface area contributed by atoms with Crippen molar-refractivity contribution < 1.29 is 19.4 Å². The highest BCUT2D eigenvalue weighted by molar-refractivity contribution is 5.98. The fourth-order valence-electron chi connectivity index (χ4n) is 4.23. The largest absolute Gasteiger partial charge is 0.507 e. The van der Waals surface area contributed by atoms with Crippen LogP contribution in [-0.2, 0) is 4.79 Å². The molecule has 7 heteroatoms. The lowest BCUT2D eigenvalue weighted by Gasteiger charge is -2.29. The number of hydrogen-bond acceptors (Lipinski definition) is 6. The molecule has 0 saturated carbocycles. The molecule has 2 heterocycles. The summed E-state index contributed by atoms with van der Waals surface area (Å²) in [4.78, 5) is 19.0.